The molecule has 0 aliphatic carbocycles. The van der Waals surface area contributed by atoms with Crippen molar-refractivity contribution < 1.29 is 27.1 Å². The largest absolute Gasteiger partial charge is 0.452 e. The highest BCUT2D eigenvalue weighted by molar-refractivity contribution is 7.89. The molecule has 0 atom stereocenters. The number of sulfonamides is 1. The van der Waals surface area contributed by atoms with Crippen LogP contribution >= 0.6 is 11.6 Å². The van der Waals surface area contributed by atoms with Crippen LogP contribution in [0.25, 0.3) is 0 Å². The topological polar surface area (TPSA) is 96.0 Å². The summed E-state index contributed by atoms with van der Waals surface area (Å²) in [5.41, 5.74) is 3.20. The molecule has 1 N–H and O–H groups in total. The maximum atomic E-state index is 13.4. The first-order valence-corrected chi connectivity index (χ1v) is 13.7. The van der Waals surface area contributed by atoms with Gasteiger partial charge in [0.15, 0.2) is 6.61 Å². The van der Waals surface area contributed by atoms with Gasteiger partial charge in [-0.15, -0.1) is 0 Å². The number of esters is 1. The average molecular weight is 560 g/mol. The minimum absolute atomic E-state index is 0.0322. The number of anilines is 2. The second-order valence-corrected chi connectivity index (χ2v) is 11.3. The lowest BCUT2D eigenvalue weighted by Crippen LogP contribution is -2.48. The van der Waals surface area contributed by atoms with Crippen molar-refractivity contribution in [3.63, 3.8) is 0 Å². The minimum atomic E-state index is -4.01. The van der Waals surface area contributed by atoms with Crippen molar-refractivity contribution in [2.75, 3.05) is 43.0 Å². The first-order chi connectivity index (χ1) is 18.0. The number of nitrogens with zero attached hydrogens (tertiary/aromatic N) is 2. The van der Waals surface area contributed by atoms with Crippen molar-refractivity contribution in [1.29, 1.82) is 0 Å². The van der Waals surface area contributed by atoms with Crippen LogP contribution in [0.1, 0.15) is 21.5 Å². The molecule has 0 unspecified atom stereocenters. The number of piperazine rings is 1. The molecule has 1 amide bonds. The van der Waals surface area contributed by atoms with Gasteiger partial charge < -0.3 is 15.0 Å². The molecule has 1 fully saturated rings. The monoisotopic (exact) mass is 559 g/mol. The molecule has 0 spiro atoms. The second-order valence-electron chi connectivity index (χ2n) is 8.96. The van der Waals surface area contributed by atoms with Gasteiger partial charge in [-0.05, 0) is 73.5 Å². The maximum absolute atomic E-state index is 13.4. The van der Waals surface area contributed by atoms with Crippen LogP contribution in [-0.4, -0.2) is 57.4 Å². The summed E-state index contributed by atoms with van der Waals surface area (Å²) in [6.45, 7) is 4.38. The quantitative estimate of drug-likeness (QED) is 0.431. The molecule has 1 saturated heterocycles. The Morgan fingerprint density at radius 1 is 0.974 bits per heavy atom. The van der Waals surface area contributed by atoms with Gasteiger partial charge in [-0.3, -0.25) is 4.79 Å². The molecule has 11 heteroatoms. The molecule has 38 heavy (non-hydrogen) atoms. The zero-order chi connectivity index (χ0) is 27.4. The van der Waals surface area contributed by atoms with Crippen molar-refractivity contribution in [3.8, 4) is 0 Å². The molecular formula is C27H27ClFN3O5S. The lowest BCUT2D eigenvalue weighted by molar-refractivity contribution is -0.119. The molecule has 0 bridgehead atoms. The maximum Gasteiger partial charge on any atom is 0.338 e. The van der Waals surface area contributed by atoms with E-state index in [0.29, 0.717) is 18.8 Å². The number of hydrogen-bond donors (Lipinski definition) is 1. The number of carbonyl (C=O) groups is 2. The van der Waals surface area contributed by atoms with E-state index in [0.717, 1.165) is 22.9 Å². The lowest BCUT2D eigenvalue weighted by atomic mass is 10.1. The normalized spacial score (nSPS) is 14.3. The summed E-state index contributed by atoms with van der Waals surface area (Å²) in [6.07, 6.45) is 0. The van der Waals surface area contributed by atoms with E-state index in [4.69, 9.17) is 16.3 Å². The van der Waals surface area contributed by atoms with Crippen LogP contribution in [0, 0.1) is 19.7 Å². The fourth-order valence-corrected chi connectivity index (χ4v) is 6.00. The smallest absolute Gasteiger partial charge is 0.338 e. The molecule has 4 rings (SSSR count). The highest BCUT2D eigenvalue weighted by Gasteiger charge is 2.31. The fourth-order valence-electron chi connectivity index (χ4n) is 4.08. The van der Waals surface area contributed by atoms with Crippen molar-refractivity contribution in [2.24, 2.45) is 0 Å². The Morgan fingerprint density at radius 2 is 1.66 bits per heavy atom. The van der Waals surface area contributed by atoms with Gasteiger partial charge in [0.25, 0.3) is 5.91 Å². The van der Waals surface area contributed by atoms with Gasteiger partial charge in [0.1, 0.15) is 10.7 Å². The van der Waals surface area contributed by atoms with E-state index in [2.05, 4.69) is 5.32 Å². The third-order valence-corrected chi connectivity index (χ3v) is 8.60. The van der Waals surface area contributed by atoms with Gasteiger partial charge >= 0.3 is 5.97 Å². The number of hydrogen-bond acceptors (Lipinski definition) is 6. The van der Waals surface area contributed by atoms with Crippen LogP contribution in [0.2, 0.25) is 5.02 Å². The molecule has 0 aromatic heterocycles. The van der Waals surface area contributed by atoms with Crippen LogP contribution in [0.3, 0.4) is 0 Å². The lowest BCUT2D eigenvalue weighted by Gasteiger charge is -2.35. The second kappa shape index (κ2) is 11.5. The molecule has 0 saturated carbocycles. The van der Waals surface area contributed by atoms with E-state index < -0.39 is 28.5 Å². The van der Waals surface area contributed by atoms with Crippen LogP contribution in [0.4, 0.5) is 15.8 Å². The highest BCUT2D eigenvalue weighted by Crippen LogP contribution is 2.28. The summed E-state index contributed by atoms with van der Waals surface area (Å²) in [5, 5.41) is 2.67. The zero-order valence-electron chi connectivity index (χ0n) is 20.9. The first kappa shape index (κ1) is 27.6. The number of carbonyl (C=O) groups excluding carboxylic acids is 2. The molecule has 1 aliphatic heterocycles. The number of amides is 1. The van der Waals surface area contributed by atoms with Crippen LogP contribution < -0.4 is 10.2 Å². The Morgan fingerprint density at radius 3 is 2.34 bits per heavy atom. The standard InChI is InChI=1S/C27H27ClFN3O5S/c1-18-3-4-19(2)24(15-18)30-26(33)17-37-27(34)20-5-10-23(28)25(16-20)38(35,36)32-13-11-31(12-14-32)22-8-6-21(29)7-9-22/h3-10,15-16H,11-14,17H2,1-2H3,(H,30,33). The van der Waals surface area contributed by atoms with Gasteiger partial charge in [-0.2, -0.15) is 4.31 Å². The summed E-state index contributed by atoms with van der Waals surface area (Å²) in [7, 11) is -4.01. The van der Waals surface area contributed by atoms with Crippen LogP contribution in [0.5, 0.6) is 0 Å². The highest BCUT2D eigenvalue weighted by atomic mass is 35.5. The Balaban J connectivity index is 1.40. The number of nitrogens with one attached hydrogen (secondary N) is 1. The number of ether oxygens (including phenoxy) is 1. The number of aryl methyl sites for hydroxylation is 2. The molecular weight excluding hydrogens is 533 g/mol. The molecule has 3 aromatic carbocycles. The van der Waals surface area contributed by atoms with Gasteiger partial charge in [0.2, 0.25) is 10.0 Å². The van der Waals surface area contributed by atoms with E-state index >= 15 is 0 Å². The van der Waals surface area contributed by atoms with E-state index in [1.54, 1.807) is 12.1 Å². The third-order valence-electron chi connectivity index (χ3n) is 6.22. The predicted octanol–water partition coefficient (Wildman–Crippen LogP) is 4.40. The predicted molar refractivity (Wildman–Crippen MR) is 144 cm³/mol. The SMILES string of the molecule is Cc1ccc(C)c(NC(=O)COC(=O)c2ccc(Cl)c(S(=O)(=O)N3CCN(c4ccc(F)cc4)CC3)c2)c1. The molecule has 1 heterocycles. The summed E-state index contributed by atoms with van der Waals surface area (Å²) in [5.74, 6) is -1.71. The van der Waals surface area contributed by atoms with Crippen molar-refractivity contribution in [1.82, 2.24) is 4.31 Å². The summed E-state index contributed by atoms with van der Waals surface area (Å²) < 4.78 is 46.3. The fraction of sp³-hybridized carbons (Fsp3) is 0.259. The van der Waals surface area contributed by atoms with Crippen molar-refractivity contribution in [2.45, 2.75) is 18.7 Å². The van der Waals surface area contributed by atoms with E-state index in [9.17, 15) is 22.4 Å². The summed E-state index contributed by atoms with van der Waals surface area (Å²) in [6, 6.07) is 15.4. The summed E-state index contributed by atoms with van der Waals surface area (Å²) in [4.78, 5) is 26.7. The first-order valence-electron chi connectivity index (χ1n) is 11.9. The summed E-state index contributed by atoms with van der Waals surface area (Å²) >= 11 is 6.22. The van der Waals surface area contributed by atoms with Crippen molar-refractivity contribution in [3.05, 3.63) is 88.2 Å². The van der Waals surface area contributed by atoms with Gasteiger partial charge in [-0.1, -0.05) is 23.7 Å². The van der Waals surface area contributed by atoms with Gasteiger partial charge in [0, 0.05) is 37.6 Å². The minimum Gasteiger partial charge on any atom is -0.452 e. The van der Waals surface area contributed by atoms with Crippen molar-refractivity contribution >= 4 is 44.9 Å². The van der Waals surface area contributed by atoms with Gasteiger partial charge in [0.05, 0.1) is 10.6 Å². The van der Waals surface area contributed by atoms with E-state index in [-0.39, 0.29) is 34.4 Å². The van der Waals surface area contributed by atoms with Crippen LogP contribution in [-0.2, 0) is 19.6 Å². The molecule has 0 radical (unpaired) electrons. The van der Waals surface area contributed by atoms with Gasteiger partial charge in [-0.25, -0.2) is 17.6 Å². The number of rotatable bonds is 7. The third kappa shape index (κ3) is 6.32. The Hall–Kier alpha value is -3.47. The number of benzene rings is 3. The Bertz CT molecular complexity index is 1460. The molecule has 3 aromatic rings. The molecule has 1 aliphatic rings. The molecule has 8 nitrogen and oxygen atoms in total. The van der Waals surface area contributed by atoms with Crippen LogP contribution in [0.15, 0.2) is 65.6 Å². The van der Waals surface area contributed by atoms with E-state index in [1.807, 2.05) is 36.9 Å². The zero-order valence-corrected chi connectivity index (χ0v) is 22.5. The Kier molecular flexibility index (Phi) is 8.35. The van der Waals surface area contributed by atoms with E-state index in [1.165, 1.54) is 28.6 Å². The molecule has 200 valence electrons. The Labute approximate surface area is 226 Å². The number of halogens is 2. The average Bonchev–Trinajstić information content (AvgIpc) is 2.90.